The van der Waals surface area contributed by atoms with E-state index in [-0.39, 0.29) is 5.91 Å². The second-order valence-corrected chi connectivity index (χ2v) is 7.22. The molecule has 2 aromatic rings. The van der Waals surface area contributed by atoms with Gasteiger partial charge in [-0.2, -0.15) is 0 Å². The van der Waals surface area contributed by atoms with Crippen molar-refractivity contribution in [1.82, 2.24) is 9.88 Å². The van der Waals surface area contributed by atoms with Crippen molar-refractivity contribution in [3.8, 4) is 0 Å². The van der Waals surface area contributed by atoms with E-state index < -0.39 is 0 Å². The van der Waals surface area contributed by atoms with Gasteiger partial charge in [-0.25, -0.2) is 4.98 Å². The number of anilines is 2. The van der Waals surface area contributed by atoms with E-state index in [2.05, 4.69) is 40.3 Å². The molecule has 0 aliphatic carbocycles. The van der Waals surface area contributed by atoms with Crippen molar-refractivity contribution in [3.05, 3.63) is 52.2 Å². The average Bonchev–Trinajstić information content (AvgIpc) is 2.67. The number of hydrogen-bond donors (Lipinski definition) is 1. The SMILES string of the molecule is Cc1cc(N(C)C)ccc1CNc1ncc(C(=O)N2CCOCC2)cc1Cl. The Morgan fingerprint density at radius 1 is 1.30 bits per heavy atom. The maximum Gasteiger partial charge on any atom is 0.255 e. The molecule has 7 heteroatoms. The molecule has 3 rings (SSSR count). The number of nitrogens with zero attached hydrogens (tertiary/aromatic N) is 3. The smallest absolute Gasteiger partial charge is 0.255 e. The molecule has 6 nitrogen and oxygen atoms in total. The van der Waals surface area contributed by atoms with E-state index in [0.29, 0.717) is 49.3 Å². The first-order chi connectivity index (χ1) is 13.0. The molecule has 0 spiro atoms. The second-order valence-electron chi connectivity index (χ2n) is 6.82. The van der Waals surface area contributed by atoms with E-state index in [4.69, 9.17) is 16.3 Å². The Hall–Kier alpha value is -2.31. The fraction of sp³-hybridized carbons (Fsp3) is 0.400. The van der Waals surface area contributed by atoms with Gasteiger partial charge in [0.15, 0.2) is 0 Å². The summed E-state index contributed by atoms with van der Waals surface area (Å²) in [6.45, 7) is 5.03. The van der Waals surface area contributed by atoms with Crippen LogP contribution in [0.5, 0.6) is 0 Å². The molecule has 27 heavy (non-hydrogen) atoms. The first-order valence-electron chi connectivity index (χ1n) is 8.99. The summed E-state index contributed by atoms with van der Waals surface area (Å²) in [5, 5.41) is 3.70. The van der Waals surface area contributed by atoms with Crippen molar-refractivity contribution >= 4 is 29.0 Å². The molecule has 1 amide bonds. The van der Waals surface area contributed by atoms with Crippen molar-refractivity contribution in [3.63, 3.8) is 0 Å². The lowest BCUT2D eigenvalue weighted by atomic mass is 10.1. The van der Waals surface area contributed by atoms with Crippen LogP contribution in [-0.4, -0.2) is 56.2 Å². The standard InChI is InChI=1S/C20H25ClN4O2/c1-14-10-17(24(2)3)5-4-15(14)12-22-19-18(21)11-16(13-23-19)20(26)25-6-8-27-9-7-25/h4-5,10-11,13H,6-9,12H2,1-3H3,(H,22,23). The highest BCUT2D eigenvalue weighted by molar-refractivity contribution is 6.33. The van der Waals surface area contributed by atoms with Crippen molar-refractivity contribution in [2.45, 2.75) is 13.5 Å². The number of pyridine rings is 1. The minimum absolute atomic E-state index is 0.0608. The van der Waals surface area contributed by atoms with Gasteiger partial charge in [0.05, 0.1) is 23.8 Å². The van der Waals surface area contributed by atoms with Crippen LogP contribution >= 0.6 is 11.6 Å². The summed E-state index contributed by atoms with van der Waals surface area (Å²) >= 11 is 6.36. The zero-order valence-electron chi connectivity index (χ0n) is 16.0. The molecule has 1 aromatic carbocycles. The molecule has 0 radical (unpaired) electrons. The second kappa shape index (κ2) is 8.59. The number of benzene rings is 1. The van der Waals surface area contributed by atoms with Gasteiger partial charge in [0.2, 0.25) is 0 Å². The lowest BCUT2D eigenvalue weighted by Crippen LogP contribution is -2.40. The molecule has 2 heterocycles. The van der Waals surface area contributed by atoms with Crippen molar-refractivity contribution in [1.29, 1.82) is 0 Å². The van der Waals surface area contributed by atoms with Crippen LogP contribution in [0.15, 0.2) is 30.5 Å². The lowest BCUT2D eigenvalue weighted by Gasteiger charge is -2.26. The highest BCUT2D eigenvalue weighted by atomic mass is 35.5. The van der Waals surface area contributed by atoms with E-state index in [0.717, 1.165) is 0 Å². The number of amides is 1. The van der Waals surface area contributed by atoms with E-state index in [1.807, 2.05) is 14.1 Å². The summed E-state index contributed by atoms with van der Waals surface area (Å²) < 4.78 is 5.28. The van der Waals surface area contributed by atoms with Crippen LogP contribution in [0, 0.1) is 6.92 Å². The Morgan fingerprint density at radius 2 is 2.04 bits per heavy atom. The summed E-state index contributed by atoms with van der Waals surface area (Å²) in [5.41, 5.74) is 4.04. The minimum atomic E-state index is -0.0608. The number of carbonyl (C=O) groups excluding carboxylic acids is 1. The quantitative estimate of drug-likeness (QED) is 0.852. The number of morpholine rings is 1. The zero-order valence-corrected chi connectivity index (χ0v) is 16.7. The molecule has 0 unspecified atom stereocenters. The summed E-state index contributed by atoms with van der Waals surface area (Å²) in [7, 11) is 4.05. The van der Waals surface area contributed by atoms with Crippen LogP contribution in [-0.2, 0) is 11.3 Å². The van der Waals surface area contributed by atoms with Crippen LogP contribution in [0.4, 0.5) is 11.5 Å². The van der Waals surface area contributed by atoms with E-state index >= 15 is 0 Å². The average molecular weight is 389 g/mol. The normalized spacial score (nSPS) is 14.1. The molecule has 0 atom stereocenters. The molecule has 1 aromatic heterocycles. The number of ether oxygens (including phenoxy) is 1. The molecule has 1 fully saturated rings. The van der Waals surface area contributed by atoms with E-state index in [1.54, 1.807) is 17.2 Å². The van der Waals surface area contributed by atoms with Crippen LogP contribution < -0.4 is 10.2 Å². The Kier molecular flexibility index (Phi) is 6.19. The van der Waals surface area contributed by atoms with Gasteiger partial charge < -0.3 is 19.9 Å². The molecular formula is C20H25ClN4O2. The Bertz CT molecular complexity index is 820. The first kappa shape index (κ1) is 19.5. The molecule has 144 valence electrons. The molecule has 0 saturated carbocycles. The molecule has 1 aliphatic rings. The number of aromatic nitrogens is 1. The molecule has 1 aliphatic heterocycles. The lowest BCUT2D eigenvalue weighted by molar-refractivity contribution is 0.0302. The van der Waals surface area contributed by atoms with E-state index in [9.17, 15) is 4.79 Å². The third-order valence-corrected chi connectivity index (χ3v) is 4.96. The number of rotatable bonds is 5. The van der Waals surface area contributed by atoms with Crippen LogP contribution in [0.1, 0.15) is 21.5 Å². The fourth-order valence-corrected chi connectivity index (χ4v) is 3.20. The summed E-state index contributed by atoms with van der Waals surface area (Å²) in [6.07, 6.45) is 1.58. The van der Waals surface area contributed by atoms with E-state index in [1.165, 1.54) is 16.8 Å². The topological polar surface area (TPSA) is 57.7 Å². The van der Waals surface area contributed by atoms with Crippen molar-refractivity contribution < 1.29 is 9.53 Å². The van der Waals surface area contributed by atoms with Gasteiger partial charge in [0.25, 0.3) is 5.91 Å². The van der Waals surface area contributed by atoms with Crippen molar-refractivity contribution in [2.75, 3.05) is 50.6 Å². The minimum Gasteiger partial charge on any atom is -0.378 e. The van der Waals surface area contributed by atoms with Gasteiger partial charge in [-0.3, -0.25) is 4.79 Å². The molecule has 1 N–H and O–H groups in total. The summed E-state index contributed by atoms with van der Waals surface area (Å²) in [6, 6.07) is 8.01. The van der Waals surface area contributed by atoms with Gasteiger partial charge in [0.1, 0.15) is 5.82 Å². The van der Waals surface area contributed by atoms with Gasteiger partial charge >= 0.3 is 0 Å². The summed E-state index contributed by atoms with van der Waals surface area (Å²) in [5.74, 6) is 0.514. The first-order valence-corrected chi connectivity index (χ1v) is 9.37. The number of aryl methyl sites for hydroxylation is 1. The van der Waals surface area contributed by atoms with Crippen molar-refractivity contribution in [2.24, 2.45) is 0 Å². The van der Waals surface area contributed by atoms with Crippen LogP contribution in [0.3, 0.4) is 0 Å². The van der Waals surface area contributed by atoms with Crippen LogP contribution in [0.2, 0.25) is 5.02 Å². The summed E-state index contributed by atoms with van der Waals surface area (Å²) in [4.78, 5) is 20.7. The predicted molar refractivity (Wildman–Crippen MR) is 109 cm³/mol. The predicted octanol–water partition coefficient (Wildman–Crippen LogP) is 3.19. The molecule has 0 bridgehead atoms. The van der Waals surface area contributed by atoms with Gasteiger partial charge in [-0.05, 0) is 36.2 Å². The number of carbonyl (C=O) groups is 1. The van der Waals surface area contributed by atoms with Gasteiger partial charge in [0, 0.05) is 45.6 Å². The third-order valence-electron chi connectivity index (χ3n) is 4.68. The molecular weight excluding hydrogens is 364 g/mol. The third kappa shape index (κ3) is 4.70. The highest BCUT2D eigenvalue weighted by Crippen LogP contribution is 2.23. The monoisotopic (exact) mass is 388 g/mol. The van der Waals surface area contributed by atoms with Gasteiger partial charge in [-0.1, -0.05) is 17.7 Å². The molecule has 1 saturated heterocycles. The number of nitrogens with one attached hydrogen (secondary N) is 1. The maximum atomic E-state index is 12.5. The Morgan fingerprint density at radius 3 is 2.67 bits per heavy atom. The van der Waals surface area contributed by atoms with Crippen LogP contribution in [0.25, 0.3) is 0 Å². The Labute approximate surface area is 165 Å². The highest BCUT2D eigenvalue weighted by Gasteiger charge is 2.19. The number of hydrogen-bond acceptors (Lipinski definition) is 5. The maximum absolute atomic E-state index is 12.5. The number of halogens is 1. The Balaban J connectivity index is 1.67. The van der Waals surface area contributed by atoms with Gasteiger partial charge in [-0.15, -0.1) is 0 Å². The zero-order chi connectivity index (χ0) is 19.4. The largest absolute Gasteiger partial charge is 0.378 e. The fourth-order valence-electron chi connectivity index (χ4n) is 2.97.